The molecule has 2 heterocycles. The molecule has 5 N–H and O–H groups in total. The van der Waals surface area contributed by atoms with Crippen molar-refractivity contribution in [2.45, 2.75) is 56.5 Å². The number of benzene rings is 2. The lowest BCUT2D eigenvalue weighted by molar-refractivity contribution is -0.181. The lowest BCUT2D eigenvalue weighted by Crippen LogP contribution is -2.47. The summed E-state index contributed by atoms with van der Waals surface area (Å²) in [4.78, 5) is 0. The largest absolute Gasteiger partial charge is 0.494 e. The van der Waals surface area contributed by atoms with Crippen molar-refractivity contribution in [3.8, 4) is 11.5 Å². The molecule has 7 nitrogen and oxygen atoms in total. The van der Waals surface area contributed by atoms with Gasteiger partial charge in [-0.25, -0.2) is 0 Å². The van der Waals surface area contributed by atoms with E-state index in [1.54, 1.807) is 0 Å². The van der Waals surface area contributed by atoms with Crippen LogP contribution in [0.3, 0.4) is 0 Å². The van der Waals surface area contributed by atoms with E-state index in [-0.39, 0.29) is 18.9 Å². The highest BCUT2D eigenvalue weighted by Crippen LogP contribution is 2.49. The first kappa shape index (κ1) is 24.3. The van der Waals surface area contributed by atoms with E-state index < -0.39 is 24.4 Å². The van der Waals surface area contributed by atoms with E-state index in [2.05, 4.69) is 0 Å². The summed E-state index contributed by atoms with van der Waals surface area (Å²) in [5.74, 6) is 1.52. The molecular weight excluding hydrogens is 446 g/mol. The second kappa shape index (κ2) is 10.6. The van der Waals surface area contributed by atoms with E-state index in [0.717, 1.165) is 34.4 Å². The van der Waals surface area contributed by atoms with Gasteiger partial charge in [0.05, 0.1) is 37.1 Å². The summed E-state index contributed by atoms with van der Waals surface area (Å²) in [5, 5.41) is 30.8. The Morgan fingerprint density at radius 3 is 2.64 bits per heavy atom. The van der Waals surface area contributed by atoms with Crippen LogP contribution in [-0.2, 0) is 11.2 Å². The molecule has 2 aromatic rings. The molecule has 0 aliphatic carbocycles. The fraction of sp³-hybridized carbons (Fsp3) is 0.520. The van der Waals surface area contributed by atoms with Gasteiger partial charge < -0.3 is 35.3 Å². The van der Waals surface area contributed by atoms with Gasteiger partial charge in [0.25, 0.3) is 0 Å². The number of hydrogen-bond acceptors (Lipinski definition) is 7. The van der Waals surface area contributed by atoms with E-state index in [1.807, 2.05) is 37.3 Å². The number of halogens is 1. The van der Waals surface area contributed by atoms with Crippen molar-refractivity contribution in [1.82, 2.24) is 0 Å². The molecule has 4 rings (SSSR count). The van der Waals surface area contributed by atoms with E-state index in [0.29, 0.717) is 37.0 Å². The second-order valence-corrected chi connectivity index (χ2v) is 9.04. The molecule has 0 radical (unpaired) electrons. The van der Waals surface area contributed by atoms with Gasteiger partial charge in [0, 0.05) is 17.9 Å². The molecule has 5 unspecified atom stereocenters. The molecular formula is C25H32ClNO6. The van der Waals surface area contributed by atoms with E-state index in [4.69, 9.17) is 31.5 Å². The summed E-state index contributed by atoms with van der Waals surface area (Å²) in [6.07, 6.45) is -1.98. The number of ether oxygens (including phenoxy) is 3. The lowest BCUT2D eigenvalue weighted by atomic mass is 9.85. The maximum absolute atomic E-state index is 10.4. The van der Waals surface area contributed by atoms with Crippen molar-refractivity contribution in [1.29, 1.82) is 0 Å². The Morgan fingerprint density at radius 1 is 1.21 bits per heavy atom. The molecule has 5 atom stereocenters. The first-order valence-corrected chi connectivity index (χ1v) is 11.9. The predicted octanol–water partition coefficient (Wildman–Crippen LogP) is 2.70. The van der Waals surface area contributed by atoms with Crippen LogP contribution in [0.25, 0.3) is 0 Å². The highest BCUT2D eigenvalue weighted by molar-refractivity contribution is 6.33. The summed E-state index contributed by atoms with van der Waals surface area (Å²) in [7, 11) is 0. The van der Waals surface area contributed by atoms with Gasteiger partial charge in [-0.15, -0.1) is 0 Å². The third-order valence-electron chi connectivity index (χ3n) is 6.44. The maximum Gasteiger partial charge on any atom is 0.142 e. The quantitative estimate of drug-likeness (QED) is 0.462. The Hall–Kier alpha value is -1.87. The van der Waals surface area contributed by atoms with Crippen LogP contribution in [0.2, 0.25) is 5.02 Å². The maximum atomic E-state index is 10.4. The van der Waals surface area contributed by atoms with Gasteiger partial charge in [-0.05, 0) is 55.1 Å². The monoisotopic (exact) mass is 477 g/mol. The summed E-state index contributed by atoms with van der Waals surface area (Å²) >= 11 is 6.82. The molecule has 0 amide bonds. The van der Waals surface area contributed by atoms with Crippen molar-refractivity contribution in [3.63, 3.8) is 0 Å². The fourth-order valence-electron chi connectivity index (χ4n) is 4.77. The first-order valence-electron chi connectivity index (χ1n) is 11.5. The molecule has 2 aliphatic rings. The van der Waals surface area contributed by atoms with E-state index in [1.165, 1.54) is 0 Å². The minimum Gasteiger partial charge on any atom is -0.494 e. The van der Waals surface area contributed by atoms with Gasteiger partial charge in [-0.1, -0.05) is 29.8 Å². The lowest BCUT2D eigenvalue weighted by Gasteiger charge is -2.37. The van der Waals surface area contributed by atoms with Crippen molar-refractivity contribution < 1.29 is 29.5 Å². The molecule has 0 bridgehead atoms. The van der Waals surface area contributed by atoms with Crippen LogP contribution in [0, 0.1) is 0 Å². The Morgan fingerprint density at radius 2 is 1.97 bits per heavy atom. The van der Waals surface area contributed by atoms with Crippen molar-refractivity contribution in [2.24, 2.45) is 5.73 Å². The van der Waals surface area contributed by atoms with Gasteiger partial charge in [0.1, 0.15) is 23.7 Å². The van der Waals surface area contributed by atoms with Gasteiger partial charge >= 0.3 is 0 Å². The average Bonchev–Trinajstić information content (AvgIpc) is 3.23. The van der Waals surface area contributed by atoms with Crippen LogP contribution in [0.1, 0.15) is 54.0 Å². The van der Waals surface area contributed by atoms with E-state index in [9.17, 15) is 15.3 Å². The van der Waals surface area contributed by atoms with Gasteiger partial charge in [-0.3, -0.25) is 0 Å². The zero-order valence-electron chi connectivity index (χ0n) is 18.7. The number of nitrogens with two attached hydrogens (primary N) is 1. The number of hydrogen-bond donors (Lipinski definition) is 4. The summed E-state index contributed by atoms with van der Waals surface area (Å²) < 4.78 is 17.6. The standard InChI is InChI=1S/C25H32ClNO6/c1-2-31-17-5-3-14(4-6-17)9-16-10-18(20-11-19(29)24(30)21(12-28)33-20)22-15(7-8-27)13-32-25(22)23(16)26/h3-6,10,15,19-21,24,28-30H,2,7-9,11-13,27H2,1H3. The minimum absolute atomic E-state index is 0.0668. The molecule has 8 heteroatoms. The molecule has 0 spiro atoms. The Bertz CT molecular complexity index is 953. The average molecular weight is 478 g/mol. The minimum atomic E-state index is -1.13. The molecule has 0 saturated carbocycles. The topological polar surface area (TPSA) is 114 Å². The van der Waals surface area contributed by atoms with Crippen molar-refractivity contribution in [3.05, 3.63) is 57.6 Å². The molecule has 1 saturated heterocycles. The van der Waals surface area contributed by atoms with Crippen LogP contribution in [0.5, 0.6) is 11.5 Å². The molecule has 2 aliphatic heterocycles. The first-order chi connectivity index (χ1) is 16.0. The smallest absolute Gasteiger partial charge is 0.142 e. The van der Waals surface area contributed by atoms with Crippen molar-refractivity contribution in [2.75, 3.05) is 26.4 Å². The van der Waals surface area contributed by atoms with E-state index >= 15 is 0 Å². The third kappa shape index (κ3) is 4.99. The fourth-order valence-corrected chi connectivity index (χ4v) is 5.05. The molecule has 33 heavy (non-hydrogen) atoms. The van der Waals surface area contributed by atoms with Gasteiger partial charge in [0.15, 0.2) is 0 Å². The Labute approximate surface area is 199 Å². The highest BCUT2D eigenvalue weighted by atomic mass is 35.5. The van der Waals surface area contributed by atoms with Crippen LogP contribution in [0.15, 0.2) is 30.3 Å². The Kier molecular flexibility index (Phi) is 7.79. The van der Waals surface area contributed by atoms with Crippen LogP contribution < -0.4 is 15.2 Å². The normalized spacial score (nSPS) is 26.7. The molecule has 2 aromatic carbocycles. The van der Waals surface area contributed by atoms with Crippen LogP contribution >= 0.6 is 11.6 Å². The summed E-state index contributed by atoms with van der Waals surface area (Å²) in [6, 6.07) is 9.89. The Balaban J connectivity index is 1.72. The molecule has 0 aromatic heterocycles. The molecule has 1 fully saturated rings. The highest BCUT2D eigenvalue weighted by Gasteiger charge is 2.40. The third-order valence-corrected chi connectivity index (χ3v) is 6.86. The van der Waals surface area contributed by atoms with Crippen molar-refractivity contribution >= 4 is 11.6 Å². The summed E-state index contributed by atoms with van der Waals surface area (Å²) in [6.45, 7) is 3.16. The van der Waals surface area contributed by atoms with Gasteiger partial charge in [-0.2, -0.15) is 0 Å². The number of fused-ring (bicyclic) bond motifs is 1. The summed E-state index contributed by atoms with van der Waals surface area (Å²) in [5.41, 5.74) is 9.61. The number of aliphatic hydroxyl groups is 3. The second-order valence-electron chi connectivity index (χ2n) is 8.66. The van der Waals surface area contributed by atoms with Crippen LogP contribution in [-0.4, -0.2) is 60.0 Å². The zero-order chi connectivity index (χ0) is 23.5. The number of aliphatic hydroxyl groups excluding tert-OH is 3. The predicted molar refractivity (Wildman–Crippen MR) is 125 cm³/mol. The SMILES string of the molecule is CCOc1ccc(Cc2cc(C3CC(O)C(O)C(CO)O3)c3c(c2Cl)OCC3CCN)cc1. The zero-order valence-corrected chi connectivity index (χ0v) is 19.5. The molecule has 180 valence electrons. The van der Waals surface area contributed by atoms with Gasteiger partial charge in [0.2, 0.25) is 0 Å². The number of rotatable bonds is 8. The van der Waals surface area contributed by atoms with Crippen LogP contribution in [0.4, 0.5) is 0 Å².